The molecule has 78 valence electrons. The Morgan fingerprint density at radius 2 is 1.85 bits per heavy atom. The lowest BCUT2D eigenvalue weighted by molar-refractivity contribution is 0.315. The van der Waals surface area contributed by atoms with Crippen molar-refractivity contribution in [3.8, 4) is 0 Å². The Bertz CT molecular complexity index is 117. The first kappa shape index (κ1) is 12.7. The summed E-state index contributed by atoms with van der Waals surface area (Å²) in [5.41, 5.74) is 2.90. The second-order valence-corrected chi connectivity index (χ2v) is 3.63. The summed E-state index contributed by atoms with van der Waals surface area (Å²) in [6.45, 7) is 8.21. The molecule has 0 aromatic carbocycles. The molecule has 0 radical (unpaired) electrons. The standard InChI is InChI=1S/C11H24N2/c1-4-7-10(8-5-2)11(13-12)9-6-3/h6,10-11,13H,3-5,7-9,12H2,1-2H3. The van der Waals surface area contributed by atoms with Gasteiger partial charge in [0, 0.05) is 6.04 Å². The predicted molar refractivity (Wildman–Crippen MR) is 59.2 cm³/mol. The third-order valence-corrected chi connectivity index (χ3v) is 2.52. The molecule has 1 atom stereocenters. The van der Waals surface area contributed by atoms with Crippen molar-refractivity contribution in [2.75, 3.05) is 0 Å². The van der Waals surface area contributed by atoms with Gasteiger partial charge in [0.1, 0.15) is 0 Å². The highest BCUT2D eigenvalue weighted by Crippen LogP contribution is 2.19. The van der Waals surface area contributed by atoms with Gasteiger partial charge in [-0.2, -0.15) is 0 Å². The van der Waals surface area contributed by atoms with Crippen LogP contribution in [0, 0.1) is 5.92 Å². The quantitative estimate of drug-likeness (QED) is 0.346. The third kappa shape index (κ3) is 5.06. The summed E-state index contributed by atoms with van der Waals surface area (Å²) in [7, 11) is 0. The lowest BCUT2D eigenvalue weighted by Crippen LogP contribution is -2.40. The topological polar surface area (TPSA) is 38.0 Å². The molecule has 0 saturated heterocycles. The van der Waals surface area contributed by atoms with Crippen molar-refractivity contribution in [2.45, 2.75) is 52.0 Å². The molecule has 0 rings (SSSR count). The van der Waals surface area contributed by atoms with E-state index in [1.165, 1.54) is 25.7 Å². The second-order valence-electron chi connectivity index (χ2n) is 3.63. The Kier molecular flexibility index (Phi) is 8.05. The molecule has 2 heteroatoms. The fourth-order valence-electron chi connectivity index (χ4n) is 1.86. The minimum atomic E-state index is 0.414. The number of hydrazine groups is 1. The molecule has 0 aromatic heterocycles. The predicted octanol–water partition coefficient (Wildman–Crippen LogP) is 2.61. The lowest BCUT2D eigenvalue weighted by atomic mass is 9.89. The summed E-state index contributed by atoms with van der Waals surface area (Å²) in [6.07, 6.45) is 7.91. The summed E-state index contributed by atoms with van der Waals surface area (Å²) < 4.78 is 0. The van der Waals surface area contributed by atoms with Crippen LogP contribution in [0.5, 0.6) is 0 Å². The Hall–Kier alpha value is -0.340. The SMILES string of the molecule is C=CCC(NN)C(CCC)CCC. The van der Waals surface area contributed by atoms with Crippen LogP contribution in [-0.2, 0) is 0 Å². The highest BCUT2D eigenvalue weighted by molar-refractivity contribution is 4.81. The number of rotatable bonds is 8. The van der Waals surface area contributed by atoms with E-state index in [0.29, 0.717) is 12.0 Å². The molecule has 0 heterocycles. The van der Waals surface area contributed by atoms with E-state index in [2.05, 4.69) is 25.9 Å². The third-order valence-electron chi connectivity index (χ3n) is 2.52. The maximum Gasteiger partial charge on any atom is 0.0273 e. The summed E-state index contributed by atoms with van der Waals surface area (Å²) in [6, 6.07) is 0.414. The van der Waals surface area contributed by atoms with Gasteiger partial charge in [-0.05, 0) is 25.2 Å². The van der Waals surface area contributed by atoms with Crippen LogP contribution in [-0.4, -0.2) is 6.04 Å². The van der Waals surface area contributed by atoms with E-state index in [4.69, 9.17) is 5.84 Å². The molecule has 0 aliphatic rings. The van der Waals surface area contributed by atoms with Crippen molar-refractivity contribution >= 4 is 0 Å². The molecule has 13 heavy (non-hydrogen) atoms. The van der Waals surface area contributed by atoms with Gasteiger partial charge in [-0.25, -0.2) is 0 Å². The average molecular weight is 184 g/mol. The Balaban J connectivity index is 4.02. The van der Waals surface area contributed by atoms with Gasteiger partial charge in [-0.1, -0.05) is 32.8 Å². The fraction of sp³-hybridized carbons (Fsp3) is 0.818. The van der Waals surface area contributed by atoms with Gasteiger partial charge in [0.05, 0.1) is 0 Å². The fourth-order valence-corrected chi connectivity index (χ4v) is 1.86. The van der Waals surface area contributed by atoms with Gasteiger partial charge in [0.2, 0.25) is 0 Å². The molecule has 0 amide bonds. The summed E-state index contributed by atoms with van der Waals surface area (Å²) >= 11 is 0. The minimum Gasteiger partial charge on any atom is -0.271 e. The van der Waals surface area contributed by atoms with Crippen molar-refractivity contribution in [1.29, 1.82) is 0 Å². The van der Waals surface area contributed by atoms with Crippen LogP contribution < -0.4 is 11.3 Å². The van der Waals surface area contributed by atoms with E-state index in [9.17, 15) is 0 Å². The Morgan fingerprint density at radius 1 is 1.31 bits per heavy atom. The molecular weight excluding hydrogens is 160 g/mol. The van der Waals surface area contributed by atoms with Gasteiger partial charge in [-0.3, -0.25) is 11.3 Å². The molecule has 1 unspecified atom stereocenters. The van der Waals surface area contributed by atoms with Crippen molar-refractivity contribution in [1.82, 2.24) is 5.43 Å². The number of nitrogens with one attached hydrogen (secondary N) is 1. The van der Waals surface area contributed by atoms with E-state index in [1.807, 2.05) is 6.08 Å². The molecule has 0 fully saturated rings. The highest BCUT2D eigenvalue weighted by atomic mass is 15.2. The van der Waals surface area contributed by atoms with Crippen molar-refractivity contribution in [3.05, 3.63) is 12.7 Å². The molecule has 3 N–H and O–H groups in total. The van der Waals surface area contributed by atoms with E-state index in [-0.39, 0.29) is 0 Å². The van der Waals surface area contributed by atoms with Crippen LogP contribution in [0.15, 0.2) is 12.7 Å². The number of hydrogen-bond donors (Lipinski definition) is 2. The summed E-state index contributed by atoms with van der Waals surface area (Å²) in [5.74, 6) is 6.23. The minimum absolute atomic E-state index is 0.414. The molecule has 0 aliphatic heterocycles. The molecular formula is C11H24N2. The number of nitrogens with two attached hydrogens (primary N) is 1. The number of hydrogen-bond acceptors (Lipinski definition) is 2. The molecule has 0 spiro atoms. The largest absolute Gasteiger partial charge is 0.271 e. The van der Waals surface area contributed by atoms with Gasteiger partial charge in [0.25, 0.3) is 0 Å². The molecule has 0 aliphatic carbocycles. The second kappa shape index (κ2) is 8.27. The summed E-state index contributed by atoms with van der Waals surface area (Å²) in [5, 5.41) is 0. The first-order valence-electron chi connectivity index (χ1n) is 5.37. The first-order chi connectivity index (χ1) is 6.29. The van der Waals surface area contributed by atoms with E-state index in [0.717, 1.165) is 6.42 Å². The van der Waals surface area contributed by atoms with Crippen LogP contribution in [0.1, 0.15) is 46.0 Å². The van der Waals surface area contributed by atoms with Crippen LogP contribution >= 0.6 is 0 Å². The van der Waals surface area contributed by atoms with E-state index in [1.54, 1.807) is 0 Å². The van der Waals surface area contributed by atoms with E-state index >= 15 is 0 Å². The van der Waals surface area contributed by atoms with Gasteiger partial charge >= 0.3 is 0 Å². The zero-order valence-electron chi connectivity index (χ0n) is 9.05. The molecule has 2 nitrogen and oxygen atoms in total. The molecule has 0 aromatic rings. The van der Waals surface area contributed by atoms with Gasteiger partial charge in [0.15, 0.2) is 0 Å². The maximum absolute atomic E-state index is 5.52. The zero-order valence-corrected chi connectivity index (χ0v) is 9.05. The average Bonchev–Trinajstić information content (AvgIpc) is 2.14. The zero-order chi connectivity index (χ0) is 10.1. The smallest absolute Gasteiger partial charge is 0.0273 e. The van der Waals surface area contributed by atoms with Crippen molar-refractivity contribution in [2.24, 2.45) is 11.8 Å². The van der Waals surface area contributed by atoms with Crippen LogP contribution in [0.2, 0.25) is 0 Å². The molecule has 0 bridgehead atoms. The van der Waals surface area contributed by atoms with Crippen LogP contribution in [0.4, 0.5) is 0 Å². The lowest BCUT2D eigenvalue weighted by Gasteiger charge is -2.24. The first-order valence-corrected chi connectivity index (χ1v) is 5.37. The van der Waals surface area contributed by atoms with Crippen molar-refractivity contribution < 1.29 is 0 Å². The van der Waals surface area contributed by atoms with Gasteiger partial charge < -0.3 is 0 Å². The van der Waals surface area contributed by atoms with Crippen LogP contribution in [0.25, 0.3) is 0 Å². The van der Waals surface area contributed by atoms with Crippen LogP contribution in [0.3, 0.4) is 0 Å². The monoisotopic (exact) mass is 184 g/mol. The maximum atomic E-state index is 5.52. The Labute approximate surface area is 82.6 Å². The van der Waals surface area contributed by atoms with Crippen molar-refractivity contribution in [3.63, 3.8) is 0 Å². The van der Waals surface area contributed by atoms with Gasteiger partial charge in [-0.15, -0.1) is 6.58 Å². The highest BCUT2D eigenvalue weighted by Gasteiger charge is 2.16. The van der Waals surface area contributed by atoms with E-state index < -0.39 is 0 Å². The molecule has 0 saturated carbocycles. The Morgan fingerprint density at radius 3 is 2.15 bits per heavy atom. The summed E-state index contributed by atoms with van der Waals surface area (Å²) in [4.78, 5) is 0. The normalized spacial score (nSPS) is 13.2.